The second kappa shape index (κ2) is 6.30. The molecule has 2 aliphatic rings. The number of rotatable bonds is 3. The van der Waals surface area contributed by atoms with Gasteiger partial charge in [0.25, 0.3) is 0 Å². The van der Waals surface area contributed by atoms with E-state index in [1.165, 1.54) is 16.9 Å². The highest BCUT2D eigenvalue weighted by Gasteiger charge is 2.42. The average Bonchev–Trinajstić information content (AvgIpc) is 2.91. The van der Waals surface area contributed by atoms with Crippen LogP contribution < -0.4 is 5.73 Å². The van der Waals surface area contributed by atoms with Crippen LogP contribution >= 0.6 is 0 Å². The molecule has 0 aromatic carbocycles. The molecule has 3 amide bonds. The minimum atomic E-state index is -1.04. The number of primary amides is 1. The van der Waals surface area contributed by atoms with E-state index in [1.807, 2.05) is 0 Å². The zero-order valence-corrected chi connectivity index (χ0v) is 12.0. The fourth-order valence-electron chi connectivity index (χ4n) is 2.98. The summed E-state index contributed by atoms with van der Waals surface area (Å²) < 4.78 is 5.17. The Morgan fingerprint density at radius 1 is 1.29 bits per heavy atom. The molecule has 0 saturated carbocycles. The van der Waals surface area contributed by atoms with E-state index in [0.717, 1.165) is 0 Å². The first-order valence-corrected chi connectivity index (χ1v) is 7.04. The Morgan fingerprint density at radius 2 is 2.00 bits per heavy atom. The maximum absolute atomic E-state index is 12.5. The van der Waals surface area contributed by atoms with Crippen molar-refractivity contribution < 1.29 is 24.2 Å². The summed E-state index contributed by atoms with van der Waals surface area (Å²) in [4.78, 5) is 37.9. The van der Waals surface area contributed by atoms with Crippen molar-refractivity contribution in [2.45, 2.75) is 31.4 Å². The average molecular weight is 299 g/mol. The molecule has 2 rings (SSSR count). The van der Waals surface area contributed by atoms with Crippen molar-refractivity contribution in [1.29, 1.82) is 0 Å². The van der Waals surface area contributed by atoms with Gasteiger partial charge in [-0.25, -0.2) is 9.59 Å². The number of methoxy groups -OCH3 is 1. The molecule has 21 heavy (non-hydrogen) atoms. The Morgan fingerprint density at radius 3 is 2.57 bits per heavy atom. The zero-order chi connectivity index (χ0) is 15.6. The van der Waals surface area contributed by atoms with Gasteiger partial charge in [-0.2, -0.15) is 0 Å². The van der Waals surface area contributed by atoms with Gasteiger partial charge in [-0.1, -0.05) is 0 Å². The first-order valence-electron chi connectivity index (χ1n) is 7.04. The second-order valence-electron chi connectivity index (χ2n) is 5.57. The number of hydrogen-bond acceptors (Lipinski definition) is 4. The van der Waals surface area contributed by atoms with E-state index in [2.05, 4.69) is 0 Å². The number of hydrogen-bond donors (Lipinski definition) is 2. The normalized spacial score (nSPS) is 29.5. The van der Waals surface area contributed by atoms with Crippen LogP contribution in [0.1, 0.15) is 19.3 Å². The van der Waals surface area contributed by atoms with Gasteiger partial charge in [0.1, 0.15) is 6.04 Å². The number of nitrogens with zero attached hydrogens (tertiary/aromatic N) is 2. The number of likely N-dealkylation sites (tertiary alicyclic amines) is 2. The number of carbonyl (C=O) groups is 3. The molecule has 2 heterocycles. The van der Waals surface area contributed by atoms with E-state index in [9.17, 15) is 19.5 Å². The fraction of sp³-hybridized carbons (Fsp3) is 0.769. The molecule has 2 saturated heterocycles. The molecule has 0 bridgehead atoms. The molecular formula is C13H21N3O5. The lowest BCUT2D eigenvalue weighted by Gasteiger charge is -2.35. The van der Waals surface area contributed by atoms with E-state index in [0.29, 0.717) is 19.4 Å². The minimum absolute atomic E-state index is 0.254. The molecule has 3 unspecified atom stereocenters. The van der Waals surface area contributed by atoms with Crippen molar-refractivity contribution in [3.05, 3.63) is 0 Å². The second-order valence-corrected chi connectivity index (χ2v) is 5.57. The smallest absolute Gasteiger partial charge is 0.326 e. The van der Waals surface area contributed by atoms with Crippen molar-refractivity contribution in [2.75, 3.05) is 26.7 Å². The Labute approximate surface area is 122 Å². The first kappa shape index (κ1) is 15.6. The highest BCUT2D eigenvalue weighted by Crippen LogP contribution is 2.24. The van der Waals surface area contributed by atoms with Crippen LogP contribution in [-0.4, -0.2) is 71.7 Å². The number of urea groups is 1. The van der Waals surface area contributed by atoms with Crippen LogP contribution in [0.3, 0.4) is 0 Å². The van der Waals surface area contributed by atoms with E-state index in [1.54, 1.807) is 0 Å². The highest BCUT2D eigenvalue weighted by molar-refractivity contribution is 5.84. The number of carboxylic acid groups (broad SMARTS) is 1. The molecule has 2 aliphatic heterocycles. The number of carboxylic acids is 1. The molecule has 0 spiro atoms. The molecule has 0 radical (unpaired) electrons. The maximum atomic E-state index is 12.5. The minimum Gasteiger partial charge on any atom is -0.480 e. The molecule has 118 valence electrons. The molecule has 8 nitrogen and oxygen atoms in total. The molecule has 0 aromatic rings. The molecule has 3 N–H and O–H groups in total. The highest BCUT2D eigenvalue weighted by atomic mass is 16.5. The van der Waals surface area contributed by atoms with Crippen LogP contribution in [0.25, 0.3) is 0 Å². The number of piperidine rings is 1. The van der Waals surface area contributed by atoms with E-state index >= 15 is 0 Å². The number of aliphatic carboxylic acids is 1. The number of carbonyl (C=O) groups excluding carboxylic acids is 2. The van der Waals surface area contributed by atoms with Gasteiger partial charge in [0.15, 0.2) is 0 Å². The molecular weight excluding hydrogens is 278 g/mol. The van der Waals surface area contributed by atoms with Crippen LogP contribution in [0.2, 0.25) is 0 Å². The summed E-state index contributed by atoms with van der Waals surface area (Å²) in [6.45, 7) is 1.03. The van der Waals surface area contributed by atoms with Gasteiger partial charge in [0, 0.05) is 33.2 Å². The molecule has 3 atom stereocenters. The van der Waals surface area contributed by atoms with Gasteiger partial charge in [-0.05, 0) is 12.8 Å². The number of nitrogens with two attached hydrogens (primary N) is 1. The lowest BCUT2D eigenvalue weighted by Crippen LogP contribution is -2.52. The van der Waals surface area contributed by atoms with Crippen LogP contribution in [0.5, 0.6) is 0 Å². The largest absolute Gasteiger partial charge is 0.480 e. The van der Waals surface area contributed by atoms with Gasteiger partial charge in [-0.15, -0.1) is 0 Å². The summed E-state index contributed by atoms with van der Waals surface area (Å²) in [5, 5.41) is 9.24. The molecule has 0 aromatic heterocycles. The monoisotopic (exact) mass is 299 g/mol. The van der Waals surface area contributed by atoms with E-state index in [-0.39, 0.29) is 37.6 Å². The molecule has 2 fully saturated rings. The predicted molar refractivity (Wildman–Crippen MR) is 72.4 cm³/mol. The van der Waals surface area contributed by atoms with Crippen LogP contribution in [0.15, 0.2) is 0 Å². The standard InChI is InChI=1S/C13H21N3O5/c1-21-9-5-10(12(18)19)16(7-9)13(20)15-4-2-3-8(6-15)11(14)17/h8-10H,2-7H2,1H3,(H2,14,17)(H,18,19). The van der Waals surface area contributed by atoms with Crippen molar-refractivity contribution in [2.24, 2.45) is 11.7 Å². The van der Waals surface area contributed by atoms with Crippen LogP contribution in [0, 0.1) is 5.92 Å². The van der Waals surface area contributed by atoms with Crippen molar-refractivity contribution in [3.8, 4) is 0 Å². The van der Waals surface area contributed by atoms with Crippen LogP contribution in [-0.2, 0) is 14.3 Å². The van der Waals surface area contributed by atoms with Gasteiger partial charge in [-0.3, -0.25) is 4.79 Å². The molecule has 0 aliphatic carbocycles. The van der Waals surface area contributed by atoms with Gasteiger partial charge in [0.05, 0.1) is 12.0 Å². The summed E-state index contributed by atoms with van der Waals surface area (Å²) in [6, 6.07) is -1.23. The van der Waals surface area contributed by atoms with Crippen molar-refractivity contribution in [1.82, 2.24) is 9.80 Å². The van der Waals surface area contributed by atoms with Gasteiger partial charge >= 0.3 is 12.0 Å². The van der Waals surface area contributed by atoms with Crippen LogP contribution in [0.4, 0.5) is 4.79 Å². The maximum Gasteiger partial charge on any atom is 0.326 e. The summed E-state index contributed by atoms with van der Waals surface area (Å²) in [7, 11) is 1.50. The number of ether oxygens (including phenoxy) is 1. The number of amides is 3. The van der Waals surface area contributed by atoms with Gasteiger partial charge < -0.3 is 25.4 Å². The first-order chi connectivity index (χ1) is 9.93. The Kier molecular flexibility index (Phi) is 4.66. The van der Waals surface area contributed by atoms with Gasteiger partial charge in [0.2, 0.25) is 5.91 Å². The SMILES string of the molecule is COC1CC(C(=O)O)N(C(=O)N2CCCC(C(N)=O)C2)C1. The summed E-state index contributed by atoms with van der Waals surface area (Å²) in [6.07, 6.45) is 1.37. The van der Waals surface area contributed by atoms with Crippen molar-refractivity contribution >= 4 is 17.9 Å². The van der Waals surface area contributed by atoms with E-state index < -0.39 is 17.9 Å². The zero-order valence-electron chi connectivity index (χ0n) is 12.0. The third-order valence-electron chi connectivity index (χ3n) is 4.22. The lowest BCUT2D eigenvalue weighted by molar-refractivity contribution is -0.141. The van der Waals surface area contributed by atoms with Crippen molar-refractivity contribution in [3.63, 3.8) is 0 Å². The van der Waals surface area contributed by atoms with E-state index in [4.69, 9.17) is 10.5 Å². The fourth-order valence-corrected chi connectivity index (χ4v) is 2.98. The Bertz CT molecular complexity index is 442. The summed E-state index contributed by atoms with van der Waals surface area (Å²) in [5.41, 5.74) is 5.30. The predicted octanol–water partition coefficient (Wildman–Crippen LogP) is -0.522. The summed E-state index contributed by atoms with van der Waals surface area (Å²) in [5.74, 6) is -1.81. The summed E-state index contributed by atoms with van der Waals surface area (Å²) >= 11 is 0. The lowest BCUT2D eigenvalue weighted by atomic mass is 9.98. The third kappa shape index (κ3) is 3.26. The molecule has 8 heteroatoms. The Balaban J connectivity index is 2.07. The quantitative estimate of drug-likeness (QED) is 0.728. The third-order valence-corrected chi connectivity index (χ3v) is 4.22. The topological polar surface area (TPSA) is 113 Å². The Hall–Kier alpha value is -1.83.